The van der Waals surface area contributed by atoms with Gasteiger partial charge in [-0.05, 0) is 88.3 Å². The second-order valence-corrected chi connectivity index (χ2v) is 8.47. The minimum Gasteiger partial charge on any atom is -0.508 e. The minimum absolute atomic E-state index is 0.0598. The molecule has 0 aliphatic carbocycles. The van der Waals surface area contributed by atoms with Gasteiger partial charge in [0.25, 0.3) is 0 Å². The molecular formula is C25H30O4. The molecule has 1 aliphatic rings. The quantitative estimate of drug-likeness (QED) is 0.552. The lowest BCUT2D eigenvalue weighted by Crippen LogP contribution is -2.28. The third kappa shape index (κ3) is 4.94. The van der Waals surface area contributed by atoms with E-state index in [4.69, 9.17) is 4.74 Å². The summed E-state index contributed by atoms with van der Waals surface area (Å²) in [5, 5.41) is 30.1. The highest BCUT2D eigenvalue weighted by Gasteiger charge is 2.27. The van der Waals surface area contributed by atoms with Crippen molar-refractivity contribution in [3.8, 4) is 23.0 Å². The van der Waals surface area contributed by atoms with Gasteiger partial charge < -0.3 is 20.1 Å². The fraction of sp³-hybridized carbons (Fsp3) is 0.360. The molecule has 0 atom stereocenters. The van der Waals surface area contributed by atoms with Crippen molar-refractivity contribution in [1.29, 1.82) is 0 Å². The van der Waals surface area contributed by atoms with Crippen LogP contribution in [0.5, 0.6) is 23.0 Å². The van der Waals surface area contributed by atoms with Crippen molar-refractivity contribution in [2.24, 2.45) is 0 Å². The van der Waals surface area contributed by atoms with Crippen LogP contribution in [0.4, 0.5) is 0 Å². The first-order valence-electron chi connectivity index (χ1n) is 10.1. The predicted molar refractivity (Wildman–Crippen MR) is 117 cm³/mol. The molecule has 154 valence electrons. The molecule has 29 heavy (non-hydrogen) atoms. The second-order valence-electron chi connectivity index (χ2n) is 8.47. The molecule has 4 nitrogen and oxygen atoms in total. The molecule has 0 amide bonds. The average molecular weight is 395 g/mol. The number of phenolic OH excluding ortho intramolecular Hbond substituents is 3. The Morgan fingerprint density at radius 3 is 2.41 bits per heavy atom. The average Bonchev–Trinajstić information content (AvgIpc) is 2.63. The Bertz CT molecular complexity index is 963. The molecule has 0 bridgehead atoms. The van der Waals surface area contributed by atoms with Gasteiger partial charge in [0.2, 0.25) is 0 Å². The number of benzene rings is 2. The van der Waals surface area contributed by atoms with E-state index in [2.05, 4.69) is 26.0 Å². The van der Waals surface area contributed by atoms with Crippen LogP contribution in [0.2, 0.25) is 0 Å². The maximum atomic E-state index is 10.6. The van der Waals surface area contributed by atoms with Gasteiger partial charge in [0.05, 0.1) is 0 Å². The Morgan fingerprint density at radius 1 is 1.00 bits per heavy atom. The second kappa shape index (κ2) is 8.24. The van der Waals surface area contributed by atoms with Crippen molar-refractivity contribution in [3.63, 3.8) is 0 Å². The molecule has 2 aromatic rings. The van der Waals surface area contributed by atoms with Crippen molar-refractivity contribution < 1.29 is 20.1 Å². The number of aromatic hydroxyl groups is 3. The first-order valence-corrected chi connectivity index (χ1v) is 10.1. The lowest BCUT2D eigenvalue weighted by molar-refractivity contribution is 0.152. The van der Waals surface area contributed by atoms with Crippen molar-refractivity contribution in [2.75, 3.05) is 0 Å². The number of rotatable bonds is 6. The number of allylic oxidation sites excluding steroid dienone is 2. The van der Waals surface area contributed by atoms with Crippen molar-refractivity contribution in [2.45, 2.75) is 59.0 Å². The lowest BCUT2D eigenvalue weighted by atomic mass is 9.89. The van der Waals surface area contributed by atoms with Crippen LogP contribution in [-0.4, -0.2) is 20.9 Å². The van der Waals surface area contributed by atoms with E-state index in [1.807, 2.05) is 26.0 Å². The molecule has 1 aliphatic heterocycles. The van der Waals surface area contributed by atoms with Gasteiger partial charge in [0.15, 0.2) is 11.5 Å². The number of phenols is 3. The van der Waals surface area contributed by atoms with Gasteiger partial charge >= 0.3 is 0 Å². The highest BCUT2D eigenvalue weighted by Crippen LogP contribution is 2.42. The van der Waals surface area contributed by atoms with E-state index in [0.717, 1.165) is 36.0 Å². The van der Waals surface area contributed by atoms with Gasteiger partial charge in [-0.3, -0.25) is 0 Å². The smallest absolute Gasteiger partial charge is 0.169 e. The van der Waals surface area contributed by atoms with Crippen LogP contribution in [0.1, 0.15) is 56.4 Å². The fourth-order valence-corrected chi connectivity index (χ4v) is 3.63. The topological polar surface area (TPSA) is 69.9 Å². The Morgan fingerprint density at radius 2 is 1.72 bits per heavy atom. The van der Waals surface area contributed by atoms with Crippen LogP contribution in [-0.2, 0) is 19.3 Å². The summed E-state index contributed by atoms with van der Waals surface area (Å²) in [7, 11) is 0. The fourth-order valence-electron chi connectivity index (χ4n) is 3.63. The summed E-state index contributed by atoms with van der Waals surface area (Å²) in [4.78, 5) is 0. The van der Waals surface area contributed by atoms with Gasteiger partial charge in [-0.2, -0.15) is 0 Å². The van der Waals surface area contributed by atoms with Gasteiger partial charge in [0, 0.05) is 11.6 Å². The summed E-state index contributed by atoms with van der Waals surface area (Å²) < 4.78 is 6.04. The summed E-state index contributed by atoms with van der Waals surface area (Å²) in [5.41, 5.74) is 4.81. The van der Waals surface area contributed by atoms with Crippen molar-refractivity contribution in [1.82, 2.24) is 0 Å². The maximum Gasteiger partial charge on any atom is 0.169 e. The van der Waals surface area contributed by atoms with E-state index < -0.39 is 5.60 Å². The third-order valence-electron chi connectivity index (χ3n) is 5.19. The summed E-state index contributed by atoms with van der Waals surface area (Å²) >= 11 is 0. The van der Waals surface area contributed by atoms with E-state index in [0.29, 0.717) is 12.2 Å². The normalized spacial score (nSPS) is 14.2. The Balaban J connectivity index is 1.89. The van der Waals surface area contributed by atoms with E-state index in [1.165, 1.54) is 17.2 Å². The molecule has 1 heterocycles. The number of aryl methyl sites for hydroxylation is 2. The molecule has 3 N–H and O–H groups in total. The third-order valence-corrected chi connectivity index (χ3v) is 5.19. The number of ether oxygens (including phenoxy) is 1. The Kier molecular flexibility index (Phi) is 5.92. The molecular weight excluding hydrogens is 364 g/mol. The summed E-state index contributed by atoms with van der Waals surface area (Å²) in [6.45, 7) is 8.10. The van der Waals surface area contributed by atoms with Crippen LogP contribution >= 0.6 is 0 Å². The van der Waals surface area contributed by atoms with E-state index in [9.17, 15) is 15.3 Å². The Labute approximate surface area is 172 Å². The minimum atomic E-state index is -0.448. The molecule has 0 saturated carbocycles. The zero-order chi connectivity index (χ0) is 21.2. The first kappa shape index (κ1) is 20.8. The van der Waals surface area contributed by atoms with Crippen LogP contribution in [0.15, 0.2) is 42.0 Å². The van der Waals surface area contributed by atoms with Gasteiger partial charge in [-0.25, -0.2) is 0 Å². The molecule has 2 aromatic carbocycles. The molecule has 0 saturated heterocycles. The molecule has 0 fully saturated rings. The van der Waals surface area contributed by atoms with Crippen LogP contribution in [0.3, 0.4) is 0 Å². The Hall–Kier alpha value is -2.88. The summed E-state index contributed by atoms with van der Waals surface area (Å²) in [6, 6.07) is 6.52. The van der Waals surface area contributed by atoms with E-state index >= 15 is 0 Å². The highest BCUT2D eigenvalue weighted by atomic mass is 16.5. The van der Waals surface area contributed by atoms with E-state index in [-0.39, 0.29) is 17.2 Å². The van der Waals surface area contributed by atoms with Gasteiger partial charge in [0.1, 0.15) is 17.1 Å². The molecule has 0 spiro atoms. The van der Waals surface area contributed by atoms with Crippen LogP contribution < -0.4 is 4.74 Å². The molecule has 0 radical (unpaired) electrons. The van der Waals surface area contributed by atoms with E-state index in [1.54, 1.807) is 12.1 Å². The number of fused-ring (bicyclic) bond motifs is 1. The summed E-state index contributed by atoms with van der Waals surface area (Å²) in [6.07, 6.45) is 9.32. The SMILES string of the molecule is CC(C)=CCc1c(CCCc2ccc(O)cc2O)cc(O)c2c1C=CC(C)(C)O2. The zero-order valence-corrected chi connectivity index (χ0v) is 17.6. The first-order chi connectivity index (χ1) is 13.7. The highest BCUT2D eigenvalue weighted by molar-refractivity contribution is 5.70. The number of hydrogen-bond donors (Lipinski definition) is 3. The molecule has 3 rings (SSSR count). The van der Waals surface area contributed by atoms with Crippen molar-refractivity contribution in [3.05, 3.63) is 64.2 Å². The monoisotopic (exact) mass is 394 g/mol. The predicted octanol–water partition coefficient (Wildman–Crippen LogP) is 5.67. The maximum absolute atomic E-state index is 10.6. The van der Waals surface area contributed by atoms with Crippen LogP contribution in [0, 0.1) is 0 Å². The molecule has 4 heteroatoms. The van der Waals surface area contributed by atoms with Crippen molar-refractivity contribution >= 4 is 6.08 Å². The number of hydrogen-bond acceptors (Lipinski definition) is 4. The lowest BCUT2D eigenvalue weighted by Gasteiger charge is -2.30. The van der Waals surface area contributed by atoms with Crippen LogP contribution in [0.25, 0.3) is 6.08 Å². The van der Waals surface area contributed by atoms with Gasteiger partial charge in [-0.1, -0.05) is 23.8 Å². The zero-order valence-electron chi connectivity index (χ0n) is 17.6. The summed E-state index contributed by atoms with van der Waals surface area (Å²) in [5.74, 6) is 0.890. The standard InChI is InChI=1S/C25H30O4/c1-16(2)8-11-20-18(7-5-6-17-9-10-19(26)15-22(17)27)14-23(28)24-21(20)12-13-25(3,4)29-24/h8-10,12-15,26-28H,5-7,11H2,1-4H3. The molecule has 0 aromatic heterocycles. The largest absolute Gasteiger partial charge is 0.508 e. The van der Waals surface area contributed by atoms with Gasteiger partial charge in [-0.15, -0.1) is 0 Å². The molecule has 0 unspecified atom stereocenters.